The van der Waals surface area contributed by atoms with Gasteiger partial charge < -0.3 is 15.2 Å². The zero-order valence-corrected chi connectivity index (χ0v) is 13.7. The lowest BCUT2D eigenvalue weighted by atomic mass is 10.1. The first kappa shape index (κ1) is 18.8. The van der Waals surface area contributed by atoms with Crippen LogP contribution >= 0.6 is 0 Å². The van der Waals surface area contributed by atoms with Crippen LogP contribution in [0.4, 0.5) is 10.5 Å². The van der Waals surface area contributed by atoms with E-state index in [0.717, 1.165) is 12.7 Å². The van der Waals surface area contributed by atoms with Crippen molar-refractivity contribution in [1.29, 1.82) is 0 Å². The fourth-order valence-electron chi connectivity index (χ4n) is 1.75. The molecule has 0 aliphatic carbocycles. The zero-order chi connectivity index (χ0) is 17.5. The Bertz CT molecular complexity index is 659. The number of ether oxygens (including phenoxy) is 1. The molecule has 128 valence electrons. The maximum Gasteiger partial charge on any atom is 0.408 e. The first-order valence-electron chi connectivity index (χ1n) is 6.96. The zero-order valence-electron chi connectivity index (χ0n) is 12.9. The van der Waals surface area contributed by atoms with Gasteiger partial charge in [-0.15, -0.1) is 0 Å². The van der Waals surface area contributed by atoms with Crippen LogP contribution in [0.2, 0.25) is 0 Å². The largest absolute Gasteiger partial charge is 0.479 e. The number of amides is 1. The number of sulfonamides is 1. The minimum Gasteiger partial charge on any atom is -0.479 e. The molecule has 0 spiro atoms. The molecule has 1 amide bonds. The molecule has 0 saturated heterocycles. The lowest BCUT2D eigenvalue weighted by Crippen LogP contribution is -2.34. The summed E-state index contributed by atoms with van der Waals surface area (Å²) in [6.07, 6.45) is 1.66. The van der Waals surface area contributed by atoms with Gasteiger partial charge in [0, 0.05) is 5.69 Å². The molecule has 0 radical (unpaired) electrons. The molecule has 1 unspecified atom stereocenters. The van der Waals surface area contributed by atoms with Gasteiger partial charge in [0.05, 0.1) is 12.9 Å². The van der Waals surface area contributed by atoms with Gasteiger partial charge in [-0.25, -0.2) is 18.0 Å². The van der Waals surface area contributed by atoms with Crippen molar-refractivity contribution in [2.45, 2.75) is 25.8 Å². The number of rotatable bonds is 8. The molecular weight excluding hydrogens is 324 g/mol. The van der Waals surface area contributed by atoms with Gasteiger partial charge in [0.1, 0.15) is 0 Å². The van der Waals surface area contributed by atoms with Crippen molar-refractivity contribution in [3.8, 4) is 0 Å². The van der Waals surface area contributed by atoms with Gasteiger partial charge in [-0.1, -0.05) is 25.5 Å². The SMILES string of the molecule is CCCCOC(=O)NC(C(=O)O)c1cccc(NS(C)(=O)=O)c1. The molecular formula is C14H20N2O6S. The lowest BCUT2D eigenvalue weighted by Gasteiger charge is -2.16. The first-order valence-corrected chi connectivity index (χ1v) is 8.86. The molecule has 1 aromatic carbocycles. The van der Waals surface area contributed by atoms with E-state index in [-0.39, 0.29) is 17.9 Å². The van der Waals surface area contributed by atoms with Gasteiger partial charge in [-0.3, -0.25) is 4.72 Å². The third kappa shape index (κ3) is 7.00. The molecule has 9 heteroatoms. The summed E-state index contributed by atoms with van der Waals surface area (Å²) in [5, 5.41) is 11.5. The van der Waals surface area contributed by atoms with Crippen LogP contribution in [0.3, 0.4) is 0 Å². The number of carbonyl (C=O) groups excluding carboxylic acids is 1. The number of benzene rings is 1. The second-order valence-corrected chi connectivity index (χ2v) is 6.65. The highest BCUT2D eigenvalue weighted by atomic mass is 32.2. The highest BCUT2D eigenvalue weighted by molar-refractivity contribution is 7.92. The fourth-order valence-corrected chi connectivity index (χ4v) is 2.31. The minimum atomic E-state index is -3.49. The fraction of sp³-hybridized carbons (Fsp3) is 0.429. The van der Waals surface area contributed by atoms with Crippen molar-refractivity contribution in [3.05, 3.63) is 29.8 Å². The minimum absolute atomic E-state index is 0.199. The van der Waals surface area contributed by atoms with E-state index in [4.69, 9.17) is 4.74 Å². The van der Waals surface area contributed by atoms with Gasteiger partial charge in [0.15, 0.2) is 6.04 Å². The van der Waals surface area contributed by atoms with Crippen molar-refractivity contribution >= 4 is 27.8 Å². The van der Waals surface area contributed by atoms with E-state index < -0.39 is 28.1 Å². The van der Waals surface area contributed by atoms with Gasteiger partial charge in [-0.05, 0) is 24.1 Å². The summed E-state index contributed by atoms with van der Waals surface area (Å²) in [7, 11) is -3.49. The van der Waals surface area contributed by atoms with E-state index in [0.29, 0.717) is 6.42 Å². The molecule has 1 atom stereocenters. The molecule has 0 aliphatic rings. The standard InChI is InChI=1S/C14H20N2O6S/c1-3-4-8-22-14(19)15-12(13(17)18)10-6-5-7-11(9-10)16-23(2,20)21/h5-7,9,12,16H,3-4,8H2,1-2H3,(H,15,19)(H,17,18). The van der Waals surface area contributed by atoms with Crippen LogP contribution < -0.4 is 10.0 Å². The van der Waals surface area contributed by atoms with Crippen molar-refractivity contribution in [3.63, 3.8) is 0 Å². The monoisotopic (exact) mass is 344 g/mol. The predicted molar refractivity (Wildman–Crippen MR) is 84.7 cm³/mol. The number of nitrogens with one attached hydrogen (secondary N) is 2. The molecule has 0 fully saturated rings. The number of unbranched alkanes of at least 4 members (excludes halogenated alkanes) is 1. The van der Waals surface area contributed by atoms with Crippen LogP contribution in [0.1, 0.15) is 31.4 Å². The molecule has 0 aliphatic heterocycles. The summed E-state index contributed by atoms with van der Waals surface area (Å²) in [6.45, 7) is 2.13. The molecule has 0 heterocycles. The smallest absolute Gasteiger partial charge is 0.408 e. The Morgan fingerprint density at radius 1 is 1.35 bits per heavy atom. The van der Waals surface area contributed by atoms with Gasteiger partial charge in [-0.2, -0.15) is 0 Å². The van der Waals surface area contributed by atoms with Crippen LogP contribution in [-0.4, -0.2) is 38.4 Å². The third-order valence-corrected chi connectivity index (χ3v) is 3.37. The topological polar surface area (TPSA) is 122 Å². The summed E-state index contributed by atoms with van der Waals surface area (Å²) >= 11 is 0. The molecule has 0 aromatic heterocycles. The first-order chi connectivity index (χ1) is 10.7. The third-order valence-electron chi connectivity index (χ3n) is 2.76. The van der Waals surface area contributed by atoms with Crippen molar-refractivity contribution < 1.29 is 27.9 Å². The van der Waals surface area contributed by atoms with Crippen molar-refractivity contribution in [2.24, 2.45) is 0 Å². The van der Waals surface area contributed by atoms with Crippen LogP contribution in [-0.2, 0) is 19.6 Å². The maximum atomic E-state index is 11.6. The number of alkyl carbamates (subject to hydrolysis) is 1. The number of hydrogen-bond donors (Lipinski definition) is 3. The Balaban J connectivity index is 2.87. The lowest BCUT2D eigenvalue weighted by molar-refractivity contribution is -0.139. The number of hydrogen-bond acceptors (Lipinski definition) is 5. The number of anilines is 1. The summed E-state index contributed by atoms with van der Waals surface area (Å²) in [5.74, 6) is -1.28. The van der Waals surface area contributed by atoms with E-state index in [1.54, 1.807) is 0 Å². The highest BCUT2D eigenvalue weighted by Gasteiger charge is 2.23. The van der Waals surface area contributed by atoms with Crippen LogP contribution in [0, 0.1) is 0 Å². The molecule has 1 aromatic rings. The average Bonchev–Trinajstić information content (AvgIpc) is 2.43. The second-order valence-electron chi connectivity index (χ2n) is 4.90. The molecule has 0 bridgehead atoms. The quantitative estimate of drug-likeness (QED) is 0.617. The van der Waals surface area contributed by atoms with Crippen LogP contribution in [0.25, 0.3) is 0 Å². The Hall–Kier alpha value is -2.29. The normalized spacial score (nSPS) is 12.3. The second kappa shape index (κ2) is 8.37. The number of carbonyl (C=O) groups is 2. The van der Waals surface area contributed by atoms with Gasteiger partial charge >= 0.3 is 12.1 Å². The summed E-state index contributed by atoms with van der Waals surface area (Å²) in [5.41, 5.74) is 0.427. The van der Waals surface area contributed by atoms with E-state index in [1.807, 2.05) is 6.92 Å². The van der Waals surface area contributed by atoms with Gasteiger partial charge in [0.2, 0.25) is 10.0 Å². The van der Waals surface area contributed by atoms with Crippen LogP contribution in [0.5, 0.6) is 0 Å². The van der Waals surface area contributed by atoms with Crippen molar-refractivity contribution in [1.82, 2.24) is 5.32 Å². The predicted octanol–water partition coefficient (Wildman–Crippen LogP) is 1.71. The number of carboxylic acid groups (broad SMARTS) is 1. The maximum absolute atomic E-state index is 11.6. The molecule has 8 nitrogen and oxygen atoms in total. The van der Waals surface area contributed by atoms with Gasteiger partial charge in [0.25, 0.3) is 0 Å². The highest BCUT2D eigenvalue weighted by Crippen LogP contribution is 2.19. The van der Waals surface area contributed by atoms with E-state index in [9.17, 15) is 23.1 Å². The van der Waals surface area contributed by atoms with E-state index >= 15 is 0 Å². The summed E-state index contributed by atoms with van der Waals surface area (Å²) in [4.78, 5) is 23.0. The van der Waals surface area contributed by atoms with E-state index in [2.05, 4.69) is 10.0 Å². The average molecular weight is 344 g/mol. The molecule has 3 N–H and O–H groups in total. The molecule has 0 saturated carbocycles. The van der Waals surface area contributed by atoms with E-state index in [1.165, 1.54) is 24.3 Å². The molecule has 23 heavy (non-hydrogen) atoms. The summed E-state index contributed by atoms with van der Waals surface area (Å²) in [6, 6.07) is 4.43. The Kier molecular flexibility index (Phi) is 6.83. The number of carboxylic acids is 1. The van der Waals surface area contributed by atoms with Crippen molar-refractivity contribution in [2.75, 3.05) is 17.6 Å². The Labute approximate surface area is 134 Å². The Morgan fingerprint density at radius 2 is 2.04 bits per heavy atom. The Morgan fingerprint density at radius 3 is 2.61 bits per heavy atom. The summed E-state index contributed by atoms with van der Waals surface area (Å²) < 4.78 is 29.6. The van der Waals surface area contributed by atoms with Crippen LogP contribution in [0.15, 0.2) is 24.3 Å². The molecule has 1 rings (SSSR count). The number of aliphatic carboxylic acids is 1.